The molecule has 0 aromatic heterocycles. The summed E-state index contributed by atoms with van der Waals surface area (Å²) in [6.45, 7) is 14.7. The fourth-order valence-electron chi connectivity index (χ4n) is 1.38. The van der Waals surface area contributed by atoms with E-state index < -0.39 is 23.8 Å². The van der Waals surface area contributed by atoms with Crippen LogP contribution in [0.5, 0.6) is 0 Å². The molecule has 2 unspecified atom stereocenters. The number of amides is 1. The van der Waals surface area contributed by atoms with Crippen LogP contribution < -0.4 is 5.32 Å². The van der Waals surface area contributed by atoms with Crippen molar-refractivity contribution in [3.05, 3.63) is 12.7 Å². The quantitative estimate of drug-likeness (QED) is 0.749. The summed E-state index contributed by atoms with van der Waals surface area (Å²) in [4.78, 5) is 11.7. The van der Waals surface area contributed by atoms with E-state index in [0.717, 1.165) is 0 Å². The predicted molar refractivity (Wildman–Crippen MR) is 68.8 cm³/mol. The topological polar surface area (TPSA) is 58.6 Å². The molecule has 0 aromatic carbocycles. The second-order valence-corrected chi connectivity index (χ2v) is 6.22. The Labute approximate surface area is 104 Å². The van der Waals surface area contributed by atoms with Crippen molar-refractivity contribution < 1.29 is 14.6 Å². The molecule has 4 heteroatoms. The van der Waals surface area contributed by atoms with Crippen LogP contribution in [0.3, 0.4) is 0 Å². The predicted octanol–water partition coefficient (Wildman–Crippen LogP) is 2.47. The molecule has 2 N–H and O–H groups in total. The Morgan fingerprint density at radius 3 is 2.06 bits per heavy atom. The summed E-state index contributed by atoms with van der Waals surface area (Å²) in [7, 11) is 0. The van der Waals surface area contributed by atoms with Crippen LogP contribution in [0.2, 0.25) is 0 Å². The van der Waals surface area contributed by atoms with Crippen LogP contribution in [0.1, 0.15) is 41.5 Å². The van der Waals surface area contributed by atoms with Crippen molar-refractivity contribution in [2.24, 2.45) is 5.41 Å². The number of hydrogen-bond donors (Lipinski definition) is 2. The molecule has 0 radical (unpaired) electrons. The van der Waals surface area contributed by atoms with Crippen LogP contribution >= 0.6 is 0 Å². The number of ether oxygens (including phenoxy) is 1. The summed E-state index contributed by atoms with van der Waals surface area (Å²) >= 11 is 0. The number of nitrogens with one attached hydrogen (secondary N) is 1. The van der Waals surface area contributed by atoms with Gasteiger partial charge in [0.2, 0.25) is 0 Å². The molecule has 4 nitrogen and oxygen atoms in total. The summed E-state index contributed by atoms with van der Waals surface area (Å²) in [5.74, 6) is 0. The van der Waals surface area contributed by atoms with Gasteiger partial charge in [0.15, 0.2) is 0 Å². The number of carbonyl (C=O) groups is 1. The Kier molecular flexibility index (Phi) is 5.20. The maximum Gasteiger partial charge on any atom is 0.407 e. The zero-order valence-corrected chi connectivity index (χ0v) is 11.7. The van der Waals surface area contributed by atoms with Crippen molar-refractivity contribution in [1.29, 1.82) is 0 Å². The molecular formula is C13H25NO3. The lowest BCUT2D eigenvalue weighted by Gasteiger charge is -2.34. The minimum Gasteiger partial charge on any atom is -0.444 e. The van der Waals surface area contributed by atoms with Crippen LogP contribution in [0.15, 0.2) is 12.7 Å². The Morgan fingerprint density at radius 1 is 1.29 bits per heavy atom. The number of carbonyl (C=O) groups excluding carboxylic acids is 1. The SMILES string of the molecule is C=CC(O)C(NC(=O)OC(C)(C)C)C(C)(C)C. The maximum absolute atomic E-state index is 11.7. The van der Waals surface area contributed by atoms with E-state index in [0.29, 0.717) is 0 Å². The van der Waals surface area contributed by atoms with Gasteiger partial charge < -0.3 is 15.2 Å². The van der Waals surface area contributed by atoms with E-state index in [1.807, 2.05) is 20.8 Å². The smallest absolute Gasteiger partial charge is 0.407 e. The molecule has 0 bridgehead atoms. The van der Waals surface area contributed by atoms with Gasteiger partial charge in [0.05, 0.1) is 12.1 Å². The molecule has 0 fully saturated rings. The number of aliphatic hydroxyl groups excluding tert-OH is 1. The van der Waals surface area contributed by atoms with Crippen LogP contribution in [-0.2, 0) is 4.74 Å². The minimum absolute atomic E-state index is 0.287. The van der Waals surface area contributed by atoms with Crippen molar-refractivity contribution in [2.45, 2.75) is 59.3 Å². The highest BCUT2D eigenvalue weighted by Gasteiger charge is 2.32. The molecule has 17 heavy (non-hydrogen) atoms. The van der Waals surface area contributed by atoms with Gasteiger partial charge in [0, 0.05) is 0 Å². The Hall–Kier alpha value is -1.03. The molecule has 0 aliphatic rings. The van der Waals surface area contributed by atoms with Gasteiger partial charge in [-0.3, -0.25) is 0 Å². The first-order chi connectivity index (χ1) is 7.47. The fraction of sp³-hybridized carbons (Fsp3) is 0.769. The first-order valence-electron chi connectivity index (χ1n) is 5.77. The molecule has 0 rings (SSSR count). The molecule has 100 valence electrons. The monoisotopic (exact) mass is 243 g/mol. The third-order valence-corrected chi connectivity index (χ3v) is 2.19. The van der Waals surface area contributed by atoms with Gasteiger partial charge >= 0.3 is 6.09 Å². The lowest BCUT2D eigenvalue weighted by molar-refractivity contribution is 0.0354. The van der Waals surface area contributed by atoms with Crippen LogP contribution in [0.25, 0.3) is 0 Å². The van der Waals surface area contributed by atoms with Crippen LogP contribution in [0.4, 0.5) is 4.79 Å². The van der Waals surface area contributed by atoms with E-state index in [1.165, 1.54) is 6.08 Å². The average Bonchev–Trinajstić information content (AvgIpc) is 2.08. The molecule has 2 atom stereocenters. The van der Waals surface area contributed by atoms with E-state index in [4.69, 9.17) is 4.74 Å². The van der Waals surface area contributed by atoms with Gasteiger partial charge in [-0.05, 0) is 26.2 Å². The average molecular weight is 243 g/mol. The van der Waals surface area contributed by atoms with E-state index >= 15 is 0 Å². The van der Waals surface area contributed by atoms with Gasteiger partial charge in [0.1, 0.15) is 5.60 Å². The van der Waals surface area contributed by atoms with Gasteiger partial charge in [-0.25, -0.2) is 4.79 Å². The molecule has 0 saturated heterocycles. The highest BCUT2D eigenvalue weighted by molar-refractivity contribution is 5.68. The minimum atomic E-state index is -0.803. The van der Waals surface area contributed by atoms with Gasteiger partial charge in [-0.1, -0.05) is 26.8 Å². The molecule has 1 amide bonds. The summed E-state index contributed by atoms with van der Waals surface area (Å²) in [6, 6.07) is -0.435. The first-order valence-corrected chi connectivity index (χ1v) is 5.77. The number of aliphatic hydroxyl groups is 1. The normalized spacial score (nSPS) is 15.9. The summed E-state index contributed by atoms with van der Waals surface area (Å²) in [5, 5.41) is 12.5. The second kappa shape index (κ2) is 5.54. The van der Waals surface area contributed by atoms with Gasteiger partial charge in [-0.15, -0.1) is 6.58 Å². The molecule has 0 aromatic rings. The van der Waals surface area contributed by atoms with Crippen molar-refractivity contribution in [3.8, 4) is 0 Å². The maximum atomic E-state index is 11.7. The van der Waals surface area contributed by atoms with Gasteiger partial charge in [0.25, 0.3) is 0 Å². The summed E-state index contributed by atoms with van der Waals surface area (Å²) in [5.41, 5.74) is -0.837. The zero-order valence-electron chi connectivity index (χ0n) is 11.7. The molecule has 0 spiro atoms. The number of rotatable bonds is 3. The zero-order chi connectivity index (χ0) is 13.9. The Morgan fingerprint density at radius 2 is 1.76 bits per heavy atom. The molecular weight excluding hydrogens is 218 g/mol. The highest BCUT2D eigenvalue weighted by atomic mass is 16.6. The Bertz CT molecular complexity index is 273. The number of hydrogen-bond acceptors (Lipinski definition) is 3. The molecule has 0 aliphatic carbocycles. The third kappa shape index (κ3) is 6.31. The lowest BCUT2D eigenvalue weighted by Crippen LogP contribution is -2.51. The van der Waals surface area contributed by atoms with Crippen molar-refractivity contribution in [2.75, 3.05) is 0 Å². The summed E-state index contributed by atoms with van der Waals surface area (Å²) in [6.07, 6.45) is 0.0775. The van der Waals surface area contributed by atoms with Crippen molar-refractivity contribution >= 4 is 6.09 Å². The van der Waals surface area contributed by atoms with Crippen molar-refractivity contribution in [1.82, 2.24) is 5.32 Å². The first kappa shape index (κ1) is 16.0. The van der Waals surface area contributed by atoms with Gasteiger partial charge in [-0.2, -0.15) is 0 Å². The lowest BCUT2D eigenvalue weighted by atomic mass is 9.83. The van der Waals surface area contributed by atoms with E-state index in [1.54, 1.807) is 20.8 Å². The largest absolute Gasteiger partial charge is 0.444 e. The fourth-order valence-corrected chi connectivity index (χ4v) is 1.38. The molecule has 0 heterocycles. The van der Waals surface area contributed by atoms with Crippen LogP contribution in [-0.4, -0.2) is 28.9 Å². The standard InChI is InChI=1S/C13H25NO3/c1-8-9(15)10(12(2,3)4)14-11(16)17-13(5,6)7/h8-10,15H,1H2,2-7H3,(H,14,16). The third-order valence-electron chi connectivity index (χ3n) is 2.19. The summed E-state index contributed by atoms with van der Waals surface area (Å²) < 4.78 is 5.16. The van der Waals surface area contributed by atoms with E-state index in [-0.39, 0.29) is 5.41 Å². The number of alkyl carbamates (subject to hydrolysis) is 1. The van der Waals surface area contributed by atoms with E-state index in [9.17, 15) is 9.90 Å². The molecule has 0 saturated carbocycles. The van der Waals surface area contributed by atoms with Crippen molar-refractivity contribution in [3.63, 3.8) is 0 Å². The highest BCUT2D eigenvalue weighted by Crippen LogP contribution is 2.23. The Balaban J connectivity index is 4.67. The van der Waals surface area contributed by atoms with E-state index in [2.05, 4.69) is 11.9 Å². The second-order valence-electron chi connectivity index (χ2n) is 6.22. The van der Waals surface area contributed by atoms with Crippen LogP contribution in [0, 0.1) is 5.41 Å². The molecule has 0 aliphatic heterocycles.